The Labute approximate surface area is 126 Å². The van der Waals surface area contributed by atoms with E-state index in [1.807, 2.05) is 12.1 Å². The molecular formula is C15H13ClN2O3. The summed E-state index contributed by atoms with van der Waals surface area (Å²) in [4.78, 5) is 22.6. The van der Waals surface area contributed by atoms with Crippen molar-refractivity contribution in [3.05, 3.63) is 64.7 Å². The third-order valence-corrected chi connectivity index (χ3v) is 2.99. The van der Waals surface area contributed by atoms with Gasteiger partial charge in [0.25, 0.3) is 0 Å². The van der Waals surface area contributed by atoms with Crippen molar-refractivity contribution in [1.82, 2.24) is 5.32 Å². The van der Waals surface area contributed by atoms with Crippen LogP contribution in [-0.2, 0) is 6.54 Å². The van der Waals surface area contributed by atoms with Crippen molar-refractivity contribution >= 4 is 29.3 Å². The summed E-state index contributed by atoms with van der Waals surface area (Å²) in [6.45, 7) is 0.349. The highest BCUT2D eigenvalue weighted by molar-refractivity contribution is 6.30. The van der Waals surface area contributed by atoms with Crippen LogP contribution in [0.1, 0.15) is 15.9 Å². The van der Waals surface area contributed by atoms with Gasteiger partial charge in [0.05, 0.1) is 5.56 Å². The van der Waals surface area contributed by atoms with E-state index in [0.29, 0.717) is 17.3 Å². The summed E-state index contributed by atoms with van der Waals surface area (Å²) in [5.41, 5.74) is 1.45. The van der Waals surface area contributed by atoms with Crippen LogP contribution in [0, 0.1) is 0 Å². The number of carbonyl (C=O) groups excluding carboxylic acids is 1. The van der Waals surface area contributed by atoms with Crippen molar-refractivity contribution in [2.75, 3.05) is 5.32 Å². The van der Waals surface area contributed by atoms with E-state index in [4.69, 9.17) is 16.7 Å². The highest BCUT2D eigenvalue weighted by Gasteiger charge is 2.06. The SMILES string of the molecule is O=C(NCc1ccc(Cl)cc1)Nc1cccc(C(=O)O)c1. The normalized spacial score (nSPS) is 9.95. The zero-order chi connectivity index (χ0) is 15.2. The molecule has 2 amide bonds. The number of hydrogen-bond donors (Lipinski definition) is 3. The van der Waals surface area contributed by atoms with Crippen LogP contribution in [0.5, 0.6) is 0 Å². The summed E-state index contributed by atoms with van der Waals surface area (Å²) in [6, 6.07) is 12.7. The molecule has 2 aromatic carbocycles. The minimum Gasteiger partial charge on any atom is -0.478 e. The second kappa shape index (κ2) is 6.76. The summed E-state index contributed by atoms with van der Waals surface area (Å²) in [5, 5.41) is 14.8. The van der Waals surface area contributed by atoms with Crippen molar-refractivity contribution in [2.24, 2.45) is 0 Å². The number of aromatic carboxylic acids is 1. The van der Waals surface area contributed by atoms with Crippen molar-refractivity contribution in [3.8, 4) is 0 Å². The van der Waals surface area contributed by atoms with Crippen molar-refractivity contribution in [1.29, 1.82) is 0 Å². The highest BCUT2D eigenvalue weighted by atomic mass is 35.5. The Morgan fingerprint density at radius 3 is 2.48 bits per heavy atom. The number of nitrogens with one attached hydrogen (secondary N) is 2. The maximum absolute atomic E-state index is 11.7. The van der Waals surface area contributed by atoms with E-state index in [1.54, 1.807) is 24.3 Å². The van der Waals surface area contributed by atoms with Crippen molar-refractivity contribution in [2.45, 2.75) is 6.54 Å². The van der Waals surface area contributed by atoms with Gasteiger partial charge in [-0.1, -0.05) is 29.8 Å². The predicted molar refractivity (Wildman–Crippen MR) is 80.7 cm³/mol. The molecule has 0 aliphatic carbocycles. The zero-order valence-corrected chi connectivity index (χ0v) is 11.7. The molecule has 0 saturated heterocycles. The Morgan fingerprint density at radius 1 is 1.10 bits per heavy atom. The maximum Gasteiger partial charge on any atom is 0.335 e. The molecule has 5 nitrogen and oxygen atoms in total. The van der Waals surface area contributed by atoms with E-state index in [0.717, 1.165) is 5.56 Å². The van der Waals surface area contributed by atoms with Crippen LogP contribution in [0.4, 0.5) is 10.5 Å². The maximum atomic E-state index is 11.7. The first kappa shape index (κ1) is 14.9. The van der Waals surface area contributed by atoms with Crippen LogP contribution in [0.2, 0.25) is 5.02 Å². The lowest BCUT2D eigenvalue weighted by atomic mass is 10.2. The Morgan fingerprint density at radius 2 is 1.81 bits per heavy atom. The molecular weight excluding hydrogens is 292 g/mol. The fraction of sp³-hybridized carbons (Fsp3) is 0.0667. The van der Waals surface area contributed by atoms with E-state index in [9.17, 15) is 9.59 Å². The number of anilines is 1. The third-order valence-electron chi connectivity index (χ3n) is 2.73. The van der Waals surface area contributed by atoms with Gasteiger partial charge in [-0.15, -0.1) is 0 Å². The number of benzene rings is 2. The number of hydrogen-bond acceptors (Lipinski definition) is 2. The van der Waals surface area contributed by atoms with Crippen LogP contribution >= 0.6 is 11.6 Å². The Hall–Kier alpha value is -2.53. The molecule has 0 radical (unpaired) electrons. The van der Waals surface area contributed by atoms with Crippen molar-refractivity contribution < 1.29 is 14.7 Å². The lowest BCUT2D eigenvalue weighted by Crippen LogP contribution is -2.28. The minimum absolute atomic E-state index is 0.116. The molecule has 0 aliphatic rings. The van der Waals surface area contributed by atoms with Crippen LogP contribution in [0.3, 0.4) is 0 Å². The number of carboxylic acids is 1. The number of urea groups is 1. The molecule has 0 unspecified atom stereocenters. The molecule has 0 bridgehead atoms. The largest absolute Gasteiger partial charge is 0.478 e. The molecule has 2 aromatic rings. The van der Waals surface area contributed by atoms with Gasteiger partial charge in [0, 0.05) is 17.3 Å². The molecule has 0 aromatic heterocycles. The molecule has 2 rings (SSSR count). The van der Waals surface area contributed by atoms with Gasteiger partial charge in [-0.3, -0.25) is 0 Å². The number of carbonyl (C=O) groups is 2. The minimum atomic E-state index is -1.04. The smallest absolute Gasteiger partial charge is 0.335 e. The molecule has 0 spiro atoms. The van der Waals surface area contributed by atoms with Gasteiger partial charge >= 0.3 is 12.0 Å². The summed E-state index contributed by atoms with van der Waals surface area (Å²) < 4.78 is 0. The first-order valence-corrected chi connectivity index (χ1v) is 6.55. The Kier molecular flexibility index (Phi) is 4.79. The van der Waals surface area contributed by atoms with E-state index in [2.05, 4.69) is 10.6 Å². The lowest BCUT2D eigenvalue weighted by molar-refractivity contribution is 0.0697. The average molecular weight is 305 g/mol. The summed E-state index contributed by atoms with van der Waals surface area (Å²) in [6.07, 6.45) is 0. The summed E-state index contributed by atoms with van der Waals surface area (Å²) >= 11 is 5.77. The first-order valence-electron chi connectivity index (χ1n) is 6.17. The molecule has 0 atom stereocenters. The molecule has 6 heteroatoms. The van der Waals surface area contributed by atoms with Crippen LogP contribution in [0.25, 0.3) is 0 Å². The summed E-state index contributed by atoms with van der Waals surface area (Å²) in [5.74, 6) is -1.04. The standard InChI is InChI=1S/C15H13ClN2O3/c16-12-6-4-10(5-7-12)9-17-15(21)18-13-3-1-2-11(8-13)14(19)20/h1-8H,9H2,(H,19,20)(H2,17,18,21). The third kappa shape index (κ3) is 4.50. The van der Waals surface area contributed by atoms with Gasteiger partial charge < -0.3 is 15.7 Å². The van der Waals surface area contributed by atoms with E-state index in [1.165, 1.54) is 12.1 Å². The Balaban J connectivity index is 1.91. The fourth-order valence-electron chi connectivity index (χ4n) is 1.69. The second-order valence-electron chi connectivity index (χ2n) is 4.32. The zero-order valence-electron chi connectivity index (χ0n) is 11.0. The molecule has 108 valence electrons. The van der Waals surface area contributed by atoms with Crippen LogP contribution < -0.4 is 10.6 Å². The number of halogens is 1. The van der Waals surface area contributed by atoms with E-state index in [-0.39, 0.29) is 5.56 Å². The predicted octanol–water partition coefficient (Wildman–Crippen LogP) is 3.36. The van der Waals surface area contributed by atoms with Gasteiger partial charge in [0.2, 0.25) is 0 Å². The van der Waals surface area contributed by atoms with E-state index < -0.39 is 12.0 Å². The van der Waals surface area contributed by atoms with Crippen LogP contribution in [0.15, 0.2) is 48.5 Å². The van der Waals surface area contributed by atoms with Crippen LogP contribution in [-0.4, -0.2) is 17.1 Å². The van der Waals surface area contributed by atoms with Gasteiger partial charge in [0.15, 0.2) is 0 Å². The average Bonchev–Trinajstić information content (AvgIpc) is 2.47. The number of rotatable bonds is 4. The monoisotopic (exact) mass is 304 g/mol. The number of carboxylic acid groups (broad SMARTS) is 1. The van der Waals surface area contributed by atoms with Gasteiger partial charge in [-0.05, 0) is 35.9 Å². The topological polar surface area (TPSA) is 78.4 Å². The van der Waals surface area contributed by atoms with Gasteiger partial charge in [-0.2, -0.15) is 0 Å². The molecule has 0 heterocycles. The number of amides is 2. The molecule has 0 saturated carbocycles. The quantitative estimate of drug-likeness (QED) is 0.810. The second-order valence-corrected chi connectivity index (χ2v) is 4.76. The fourth-order valence-corrected chi connectivity index (χ4v) is 1.82. The highest BCUT2D eigenvalue weighted by Crippen LogP contribution is 2.11. The van der Waals surface area contributed by atoms with Gasteiger partial charge in [-0.25, -0.2) is 9.59 Å². The molecule has 0 aliphatic heterocycles. The Bertz CT molecular complexity index is 656. The van der Waals surface area contributed by atoms with Gasteiger partial charge in [0.1, 0.15) is 0 Å². The molecule has 3 N–H and O–H groups in total. The van der Waals surface area contributed by atoms with Crippen molar-refractivity contribution in [3.63, 3.8) is 0 Å². The van der Waals surface area contributed by atoms with E-state index >= 15 is 0 Å². The lowest BCUT2D eigenvalue weighted by Gasteiger charge is -2.08. The molecule has 21 heavy (non-hydrogen) atoms. The summed E-state index contributed by atoms with van der Waals surface area (Å²) in [7, 11) is 0. The first-order chi connectivity index (χ1) is 10.0. The molecule has 0 fully saturated rings.